The fraction of sp³-hybridized carbons (Fsp3) is 0.706. The van der Waals surface area contributed by atoms with E-state index in [4.69, 9.17) is 4.74 Å². The van der Waals surface area contributed by atoms with Crippen LogP contribution < -0.4 is 5.32 Å². The van der Waals surface area contributed by atoms with Crippen molar-refractivity contribution in [2.24, 2.45) is 0 Å². The minimum Gasteiger partial charge on any atom is -0.385 e. The highest BCUT2D eigenvalue weighted by Gasteiger charge is 2.35. The summed E-state index contributed by atoms with van der Waals surface area (Å²) < 4.78 is 7.27. The molecule has 0 aliphatic carbocycles. The molecular formula is C17H28N4O4. The zero-order valence-electron chi connectivity index (χ0n) is 15.2. The standard InChI is InChI=1S/C17H28N4O4/c1-13-9-14(2)21(19-13)6-4-5-18-16(23)10-17(24)11-20(15(3)22)7-8-25-12-17/h9,24H,4-8,10-12H2,1-3H3,(H,18,23)/t17-/m0/s1. The number of hydrogen-bond donors (Lipinski definition) is 2. The topological polar surface area (TPSA) is 96.7 Å². The number of amides is 2. The predicted octanol–water partition coefficient (Wildman–Crippen LogP) is 0.00614. The fourth-order valence-electron chi connectivity index (χ4n) is 3.01. The first-order chi connectivity index (χ1) is 11.8. The molecule has 1 aromatic rings. The lowest BCUT2D eigenvalue weighted by atomic mass is 9.99. The zero-order valence-corrected chi connectivity index (χ0v) is 15.2. The molecule has 0 unspecified atom stereocenters. The molecule has 0 spiro atoms. The first kappa shape index (κ1) is 19.4. The lowest BCUT2D eigenvalue weighted by Crippen LogP contribution is -2.48. The minimum absolute atomic E-state index is 0.0515. The molecule has 1 saturated heterocycles. The molecule has 1 atom stereocenters. The third kappa shape index (κ3) is 5.82. The second-order valence-corrected chi connectivity index (χ2v) is 6.75. The van der Waals surface area contributed by atoms with Crippen molar-refractivity contribution >= 4 is 11.8 Å². The number of hydrogen-bond acceptors (Lipinski definition) is 5. The number of rotatable bonds is 6. The van der Waals surface area contributed by atoms with E-state index in [0.717, 1.165) is 24.4 Å². The van der Waals surface area contributed by atoms with Crippen LogP contribution in [0.4, 0.5) is 0 Å². The molecule has 1 aliphatic rings. The summed E-state index contributed by atoms with van der Waals surface area (Å²) in [7, 11) is 0. The van der Waals surface area contributed by atoms with Crippen LogP contribution in [0.3, 0.4) is 0 Å². The third-order valence-electron chi connectivity index (χ3n) is 4.27. The normalized spacial score (nSPS) is 21.0. The molecule has 140 valence electrons. The molecule has 1 aromatic heterocycles. The van der Waals surface area contributed by atoms with Gasteiger partial charge in [-0.3, -0.25) is 14.3 Å². The van der Waals surface area contributed by atoms with Crippen LogP contribution in [0, 0.1) is 13.8 Å². The van der Waals surface area contributed by atoms with Crippen molar-refractivity contribution in [1.82, 2.24) is 20.0 Å². The summed E-state index contributed by atoms with van der Waals surface area (Å²) in [5.41, 5.74) is 0.729. The highest BCUT2D eigenvalue weighted by Crippen LogP contribution is 2.16. The number of aromatic nitrogens is 2. The lowest BCUT2D eigenvalue weighted by Gasteiger charge is -2.29. The van der Waals surface area contributed by atoms with Crippen molar-refractivity contribution < 1.29 is 19.4 Å². The fourth-order valence-corrected chi connectivity index (χ4v) is 3.01. The van der Waals surface area contributed by atoms with E-state index in [0.29, 0.717) is 19.7 Å². The monoisotopic (exact) mass is 352 g/mol. The first-order valence-corrected chi connectivity index (χ1v) is 8.62. The van der Waals surface area contributed by atoms with E-state index in [9.17, 15) is 14.7 Å². The van der Waals surface area contributed by atoms with Crippen LogP contribution in [0.15, 0.2) is 6.07 Å². The van der Waals surface area contributed by atoms with Gasteiger partial charge in [0.1, 0.15) is 5.60 Å². The molecular weight excluding hydrogens is 324 g/mol. The molecule has 8 nitrogen and oxygen atoms in total. The van der Waals surface area contributed by atoms with E-state index in [1.54, 1.807) is 0 Å². The molecule has 8 heteroatoms. The van der Waals surface area contributed by atoms with Gasteiger partial charge in [-0.1, -0.05) is 0 Å². The van der Waals surface area contributed by atoms with Crippen LogP contribution in [-0.4, -0.2) is 70.1 Å². The van der Waals surface area contributed by atoms with Crippen LogP contribution in [0.5, 0.6) is 0 Å². The van der Waals surface area contributed by atoms with Crippen molar-refractivity contribution in [2.75, 3.05) is 32.8 Å². The molecule has 0 radical (unpaired) electrons. The van der Waals surface area contributed by atoms with Crippen molar-refractivity contribution in [1.29, 1.82) is 0 Å². The van der Waals surface area contributed by atoms with Gasteiger partial charge in [0.15, 0.2) is 0 Å². The summed E-state index contributed by atoms with van der Waals surface area (Å²) in [5.74, 6) is -0.376. The molecule has 0 saturated carbocycles. The average molecular weight is 352 g/mol. The maximum Gasteiger partial charge on any atom is 0.223 e. The summed E-state index contributed by atoms with van der Waals surface area (Å²) in [4.78, 5) is 25.2. The molecule has 25 heavy (non-hydrogen) atoms. The first-order valence-electron chi connectivity index (χ1n) is 8.62. The van der Waals surface area contributed by atoms with Crippen molar-refractivity contribution in [3.63, 3.8) is 0 Å². The lowest BCUT2D eigenvalue weighted by molar-refractivity contribution is -0.136. The van der Waals surface area contributed by atoms with E-state index in [1.165, 1.54) is 11.8 Å². The molecule has 1 fully saturated rings. The van der Waals surface area contributed by atoms with Crippen LogP contribution >= 0.6 is 0 Å². The number of β-amino-alcohol motifs (C(OH)–C–C–N with tert-alkyl or cyclic N) is 1. The van der Waals surface area contributed by atoms with Gasteiger partial charge in [0.05, 0.1) is 31.9 Å². The quantitative estimate of drug-likeness (QED) is 0.703. The Labute approximate surface area is 148 Å². The summed E-state index contributed by atoms with van der Waals surface area (Å²) in [5, 5.41) is 17.8. The number of carbonyl (C=O) groups excluding carboxylic acids is 2. The maximum absolute atomic E-state index is 12.1. The number of aliphatic hydroxyl groups is 1. The Morgan fingerprint density at radius 3 is 2.84 bits per heavy atom. The smallest absolute Gasteiger partial charge is 0.223 e. The largest absolute Gasteiger partial charge is 0.385 e. The third-order valence-corrected chi connectivity index (χ3v) is 4.27. The minimum atomic E-state index is -1.35. The van der Waals surface area contributed by atoms with Crippen molar-refractivity contribution in [3.8, 4) is 0 Å². The van der Waals surface area contributed by atoms with E-state index in [2.05, 4.69) is 10.4 Å². The Hall–Kier alpha value is -1.93. The van der Waals surface area contributed by atoms with Crippen LogP contribution in [0.1, 0.15) is 31.2 Å². The zero-order chi connectivity index (χ0) is 18.4. The van der Waals surface area contributed by atoms with Gasteiger partial charge in [0.25, 0.3) is 0 Å². The van der Waals surface area contributed by atoms with Crippen LogP contribution in [-0.2, 0) is 20.9 Å². The Morgan fingerprint density at radius 1 is 1.44 bits per heavy atom. The molecule has 0 aromatic carbocycles. The van der Waals surface area contributed by atoms with Crippen molar-refractivity contribution in [3.05, 3.63) is 17.5 Å². The number of ether oxygens (including phenoxy) is 1. The van der Waals surface area contributed by atoms with Gasteiger partial charge < -0.3 is 20.1 Å². The van der Waals surface area contributed by atoms with Gasteiger partial charge >= 0.3 is 0 Å². The predicted molar refractivity (Wildman–Crippen MR) is 92.0 cm³/mol. The van der Waals surface area contributed by atoms with Gasteiger partial charge in [-0.15, -0.1) is 0 Å². The summed E-state index contributed by atoms with van der Waals surface area (Å²) in [6, 6.07) is 2.01. The van der Waals surface area contributed by atoms with Gasteiger partial charge in [0.2, 0.25) is 11.8 Å². The van der Waals surface area contributed by atoms with Gasteiger partial charge in [-0.2, -0.15) is 5.10 Å². The van der Waals surface area contributed by atoms with E-state index in [1.807, 2.05) is 24.6 Å². The van der Waals surface area contributed by atoms with E-state index < -0.39 is 5.60 Å². The summed E-state index contributed by atoms with van der Waals surface area (Å²) in [6.45, 7) is 7.60. The number of nitrogens with one attached hydrogen (secondary N) is 1. The summed E-state index contributed by atoms with van der Waals surface area (Å²) >= 11 is 0. The Balaban J connectivity index is 1.76. The van der Waals surface area contributed by atoms with Crippen LogP contribution in [0.2, 0.25) is 0 Å². The molecule has 2 rings (SSSR count). The molecule has 1 aliphatic heterocycles. The number of carbonyl (C=O) groups is 2. The number of nitrogens with zero attached hydrogens (tertiary/aromatic N) is 3. The second-order valence-electron chi connectivity index (χ2n) is 6.75. The SMILES string of the molecule is CC(=O)N1CCOC[C@](O)(CC(=O)NCCCn2nc(C)cc2C)C1. The van der Waals surface area contributed by atoms with Crippen LogP contribution in [0.25, 0.3) is 0 Å². The second kappa shape index (κ2) is 8.44. The molecule has 0 bridgehead atoms. The average Bonchev–Trinajstić information content (AvgIpc) is 2.72. The Bertz CT molecular complexity index is 616. The highest BCUT2D eigenvalue weighted by atomic mass is 16.5. The molecule has 2 amide bonds. The Kier molecular flexibility index (Phi) is 6.55. The van der Waals surface area contributed by atoms with Gasteiger partial charge in [-0.25, -0.2) is 0 Å². The van der Waals surface area contributed by atoms with E-state index >= 15 is 0 Å². The van der Waals surface area contributed by atoms with Gasteiger partial charge in [0, 0.05) is 32.3 Å². The Morgan fingerprint density at radius 2 is 2.20 bits per heavy atom. The number of aryl methyl sites for hydroxylation is 3. The highest BCUT2D eigenvalue weighted by molar-refractivity contribution is 5.77. The van der Waals surface area contributed by atoms with Gasteiger partial charge in [-0.05, 0) is 26.3 Å². The van der Waals surface area contributed by atoms with Crippen molar-refractivity contribution in [2.45, 2.75) is 45.8 Å². The van der Waals surface area contributed by atoms with E-state index in [-0.39, 0.29) is 31.4 Å². The molecule has 2 N–H and O–H groups in total. The molecule has 2 heterocycles. The maximum atomic E-state index is 12.1. The summed E-state index contributed by atoms with van der Waals surface area (Å²) in [6.07, 6.45) is 0.666.